The van der Waals surface area contributed by atoms with Crippen molar-refractivity contribution in [2.45, 2.75) is 52.5 Å². The summed E-state index contributed by atoms with van der Waals surface area (Å²) in [6.07, 6.45) is 4.88. The van der Waals surface area contributed by atoms with Crippen molar-refractivity contribution in [2.75, 3.05) is 19.6 Å². The molecule has 4 heteroatoms. The van der Waals surface area contributed by atoms with Crippen LogP contribution in [0.3, 0.4) is 0 Å². The van der Waals surface area contributed by atoms with Crippen LogP contribution in [-0.4, -0.2) is 30.4 Å². The third-order valence-electron chi connectivity index (χ3n) is 4.82. The highest BCUT2D eigenvalue weighted by Gasteiger charge is 2.16. The third-order valence-corrected chi connectivity index (χ3v) is 4.82. The maximum Gasteiger partial charge on any atom is 0.234 e. The topological polar surface area (TPSA) is 56.1 Å². The maximum absolute atomic E-state index is 12.3. The number of aryl methyl sites for hydroxylation is 2. The summed E-state index contributed by atoms with van der Waals surface area (Å²) in [5.41, 5.74) is 4.08. The molecule has 1 aliphatic carbocycles. The summed E-state index contributed by atoms with van der Waals surface area (Å²) in [4.78, 5) is 14.3. The highest BCUT2D eigenvalue weighted by Crippen LogP contribution is 2.24. The molecule has 1 N–H and O–H groups in total. The van der Waals surface area contributed by atoms with Crippen LogP contribution in [0, 0.1) is 17.2 Å². The Hall–Kier alpha value is -1.86. The van der Waals surface area contributed by atoms with Crippen molar-refractivity contribution in [1.82, 2.24) is 10.2 Å². The van der Waals surface area contributed by atoms with E-state index in [9.17, 15) is 4.79 Å². The quantitative estimate of drug-likeness (QED) is 0.836. The van der Waals surface area contributed by atoms with Gasteiger partial charge in [-0.3, -0.25) is 9.69 Å². The molecule has 0 radical (unpaired) electrons. The van der Waals surface area contributed by atoms with Crippen molar-refractivity contribution < 1.29 is 4.79 Å². The molecule has 2 rings (SSSR count). The fraction of sp³-hybridized carbons (Fsp3) is 0.600. The van der Waals surface area contributed by atoms with Gasteiger partial charge in [-0.25, -0.2) is 0 Å². The van der Waals surface area contributed by atoms with Crippen LogP contribution in [0.25, 0.3) is 0 Å². The first-order chi connectivity index (χ1) is 11.5. The molecule has 1 aliphatic rings. The summed E-state index contributed by atoms with van der Waals surface area (Å²) < 4.78 is 0. The van der Waals surface area contributed by atoms with Crippen LogP contribution < -0.4 is 5.32 Å². The van der Waals surface area contributed by atoms with Crippen molar-refractivity contribution >= 4 is 5.91 Å². The van der Waals surface area contributed by atoms with E-state index in [0.717, 1.165) is 13.0 Å². The van der Waals surface area contributed by atoms with E-state index in [1.165, 1.54) is 36.0 Å². The number of fused-ring (bicyclic) bond motifs is 1. The number of hydrogen-bond acceptors (Lipinski definition) is 3. The van der Waals surface area contributed by atoms with E-state index >= 15 is 0 Å². The van der Waals surface area contributed by atoms with Crippen LogP contribution in [0.5, 0.6) is 0 Å². The van der Waals surface area contributed by atoms with Gasteiger partial charge in [-0.2, -0.15) is 5.26 Å². The predicted molar refractivity (Wildman–Crippen MR) is 96.5 cm³/mol. The van der Waals surface area contributed by atoms with Gasteiger partial charge in [0.15, 0.2) is 0 Å². The summed E-state index contributed by atoms with van der Waals surface area (Å²) in [5.74, 6) is -0.0389. The minimum Gasteiger partial charge on any atom is -0.348 e. The minimum absolute atomic E-state index is 0.0109. The number of nitriles is 1. The Bertz CT molecular complexity index is 605. The van der Waals surface area contributed by atoms with E-state index in [1.54, 1.807) is 0 Å². The molecule has 0 spiro atoms. The zero-order valence-corrected chi connectivity index (χ0v) is 15.1. The van der Waals surface area contributed by atoms with E-state index in [2.05, 4.69) is 29.6 Å². The van der Waals surface area contributed by atoms with Gasteiger partial charge >= 0.3 is 0 Å². The van der Waals surface area contributed by atoms with Crippen LogP contribution in [0.15, 0.2) is 18.2 Å². The molecule has 0 bridgehead atoms. The molecule has 130 valence electrons. The molecule has 0 saturated carbocycles. The van der Waals surface area contributed by atoms with Gasteiger partial charge in [-0.05, 0) is 62.8 Å². The molecular formula is C20H29N3O. The molecule has 1 amide bonds. The van der Waals surface area contributed by atoms with E-state index < -0.39 is 0 Å². The monoisotopic (exact) mass is 327 g/mol. The average Bonchev–Trinajstić information content (AvgIpc) is 2.60. The molecule has 4 nitrogen and oxygen atoms in total. The first-order valence-electron chi connectivity index (χ1n) is 9.06. The molecule has 2 atom stereocenters. The lowest BCUT2D eigenvalue weighted by Gasteiger charge is -2.23. The highest BCUT2D eigenvalue weighted by atomic mass is 16.2. The Labute approximate surface area is 145 Å². The normalized spacial score (nSPS) is 16.1. The van der Waals surface area contributed by atoms with Crippen LogP contribution in [0.2, 0.25) is 0 Å². The van der Waals surface area contributed by atoms with Gasteiger partial charge in [0.25, 0.3) is 0 Å². The van der Waals surface area contributed by atoms with Crippen molar-refractivity contribution in [3.05, 3.63) is 34.9 Å². The summed E-state index contributed by atoms with van der Waals surface area (Å²) >= 11 is 0. The van der Waals surface area contributed by atoms with Gasteiger partial charge in [-0.15, -0.1) is 0 Å². The highest BCUT2D eigenvalue weighted by molar-refractivity contribution is 5.78. The van der Waals surface area contributed by atoms with Crippen molar-refractivity contribution in [3.8, 4) is 6.07 Å². The first kappa shape index (κ1) is 18.5. The molecule has 1 aromatic carbocycles. The number of nitrogens with zero attached hydrogens (tertiary/aromatic N) is 2. The number of nitrogens with one attached hydrogen (secondary N) is 1. The molecule has 0 heterocycles. The second kappa shape index (κ2) is 8.84. The fourth-order valence-corrected chi connectivity index (χ4v) is 3.33. The molecule has 0 saturated heterocycles. The molecule has 0 aromatic heterocycles. The molecule has 1 aromatic rings. The van der Waals surface area contributed by atoms with E-state index in [0.29, 0.717) is 13.1 Å². The molecule has 24 heavy (non-hydrogen) atoms. The van der Waals surface area contributed by atoms with E-state index in [-0.39, 0.29) is 17.9 Å². The van der Waals surface area contributed by atoms with Gasteiger partial charge < -0.3 is 5.32 Å². The van der Waals surface area contributed by atoms with Crippen molar-refractivity contribution in [1.29, 1.82) is 5.26 Å². The average molecular weight is 327 g/mol. The van der Waals surface area contributed by atoms with Gasteiger partial charge in [0, 0.05) is 6.54 Å². The zero-order valence-electron chi connectivity index (χ0n) is 15.1. The molecule has 0 fully saturated rings. The first-order valence-corrected chi connectivity index (χ1v) is 9.06. The van der Waals surface area contributed by atoms with Crippen LogP contribution in [-0.2, 0) is 17.6 Å². The zero-order chi connectivity index (χ0) is 17.5. The second-order valence-electron chi connectivity index (χ2n) is 6.88. The lowest BCUT2D eigenvalue weighted by Crippen LogP contribution is -2.39. The number of rotatable bonds is 7. The summed E-state index contributed by atoms with van der Waals surface area (Å²) in [5, 5.41) is 12.0. The van der Waals surface area contributed by atoms with E-state index in [1.807, 2.05) is 25.7 Å². The van der Waals surface area contributed by atoms with Crippen molar-refractivity contribution in [2.24, 2.45) is 5.92 Å². The number of benzene rings is 1. The molecule has 2 unspecified atom stereocenters. The number of hydrogen-bond donors (Lipinski definition) is 1. The second-order valence-corrected chi connectivity index (χ2v) is 6.88. The van der Waals surface area contributed by atoms with E-state index in [4.69, 9.17) is 5.26 Å². The number of amides is 1. The van der Waals surface area contributed by atoms with Crippen molar-refractivity contribution in [3.63, 3.8) is 0 Å². The van der Waals surface area contributed by atoms with Gasteiger partial charge in [0.2, 0.25) is 5.91 Å². The van der Waals surface area contributed by atoms with Gasteiger partial charge in [-0.1, -0.05) is 25.1 Å². The number of carbonyl (C=O) groups is 1. The lowest BCUT2D eigenvalue weighted by molar-refractivity contribution is -0.122. The van der Waals surface area contributed by atoms with Crippen LogP contribution >= 0.6 is 0 Å². The number of likely N-dealkylation sites (N-methyl/N-ethyl adjacent to an activating group) is 1. The predicted octanol–water partition coefficient (Wildman–Crippen LogP) is 3.22. The van der Waals surface area contributed by atoms with Crippen LogP contribution in [0.1, 0.15) is 56.3 Å². The Balaban J connectivity index is 1.92. The SMILES string of the molecule is CCN(CC(=O)NC(C)c1ccc2c(c1)CCCC2)CC(C)C#N. The Morgan fingerprint density at radius 2 is 2.00 bits per heavy atom. The summed E-state index contributed by atoms with van der Waals surface area (Å²) in [6.45, 7) is 7.69. The minimum atomic E-state index is -0.0594. The Kier molecular flexibility index (Phi) is 6.81. The van der Waals surface area contributed by atoms with Gasteiger partial charge in [0.05, 0.1) is 24.6 Å². The maximum atomic E-state index is 12.3. The summed E-state index contributed by atoms with van der Waals surface area (Å²) in [6, 6.07) is 8.86. The molecular weight excluding hydrogens is 298 g/mol. The molecule has 0 aliphatic heterocycles. The largest absolute Gasteiger partial charge is 0.348 e. The Morgan fingerprint density at radius 3 is 2.67 bits per heavy atom. The standard InChI is InChI=1S/C20H29N3O/c1-4-23(13-15(2)12-21)14-20(24)22-16(3)18-10-9-17-7-5-6-8-19(17)11-18/h9-11,15-16H,4-8,13-14H2,1-3H3,(H,22,24). The lowest BCUT2D eigenvalue weighted by atomic mass is 9.89. The Morgan fingerprint density at radius 1 is 1.29 bits per heavy atom. The smallest absolute Gasteiger partial charge is 0.234 e. The number of carbonyl (C=O) groups excluding carboxylic acids is 1. The summed E-state index contributed by atoms with van der Waals surface area (Å²) in [7, 11) is 0. The van der Waals surface area contributed by atoms with Gasteiger partial charge in [0.1, 0.15) is 0 Å². The fourth-order valence-electron chi connectivity index (χ4n) is 3.33. The third kappa shape index (κ3) is 5.07. The van der Waals surface area contributed by atoms with Crippen LogP contribution in [0.4, 0.5) is 0 Å².